The van der Waals surface area contributed by atoms with Crippen molar-refractivity contribution < 1.29 is 14.3 Å². The third kappa shape index (κ3) is 4.08. The van der Waals surface area contributed by atoms with Gasteiger partial charge in [-0.1, -0.05) is 19.0 Å². The van der Waals surface area contributed by atoms with E-state index in [4.69, 9.17) is 15.7 Å². The monoisotopic (exact) mass is 347 g/mol. The Labute approximate surface area is 126 Å². The Morgan fingerprint density at radius 2 is 2.10 bits per heavy atom. The van der Waals surface area contributed by atoms with E-state index in [1.807, 2.05) is 0 Å². The second-order valence-corrected chi connectivity index (χ2v) is 4.89. The number of halogens is 2. The fourth-order valence-corrected chi connectivity index (χ4v) is 2.25. The van der Waals surface area contributed by atoms with Crippen LogP contribution in [0.3, 0.4) is 0 Å². The van der Waals surface area contributed by atoms with Gasteiger partial charge in [0, 0.05) is 12.1 Å². The van der Waals surface area contributed by atoms with Crippen molar-refractivity contribution in [3.63, 3.8) is 0 Å². The summed E-state index contributed by atoms with van der Waals surface area (Å²) in [6.45, 7) is 7.10. The normalized spacial score (nSPS) is 11.9. The molecule has 112 valence electrons. The van der Waals surface area contributed by atoms with Crippen molar-refractivity contribution >= 4 is 21.8 Å². The molecule has 0 atom stereocenters. The summed E-state index contributed by atoms with van der Waals surface area (Å²) in [6, 6.07) is 3.00. The molecule has 1 rings (SSSR count). The van der Waals surface area contributed by atoms with Gasteiger partial charge in [0.15, 0.2) is 17.4 Å². The topological polar surface area (TPSA) is 71.1 Å². The van der Waals surface area contributed by atoms with Crippen LogP contribution in [0, 0.1) is 5.82 Å². The number of ether oxygens (including phenoxy) is 1. The minimum Gasteiger partial charge on any atom is -0.489 e. The van der Waals surface area contributed by atoms with Crippen LogP contribution in [-0.2, 0) is 0 Å². The van der Waals surface area contributed by atoms with Crippen molar-refractivity contribution in [1.82, 2.24) is 4.90 Å². The summed E-state index contributed by atoms with van der Waals surface area (Å²) in [5.41, 5.74) is 5.72. The van der Waals surface area contributed by atoms with E-state index in [-0.39, 0.29) is 21.6 Å². The zero-order valence-corrected chi connectivity index (χ0v) is 13.2. The minimum absolute atomic E-state index is 0.119. The van der Waals surface area contributed by atoms with E-state index in [0.717, 1.165) is 19.6 Å². The smallest absolute Gasteiger partial charge is 0.179 e. The molecule has 0 saturated heterocycles. The van der Waals surface area contributed by atoms with Crippen LogP contribution in [0.1, 0.15) is 19.4 Å². The van der Waals surface area contributed by atoms with Crippen molar-refractivity contribution in [2.45, 2.75) is 13.8 Å². The first-order chi connectivity index (χ1) is 9.54. The molecule has 0 aliphatic carbocycles. The molecule has 0 spiro atoms. The summed E-state index contributed by atoms with van der Waals surface area (Å²) in [5.74, 6) is -0.586. The number of rotatable bonds is 7. The van der Waals surface area contributed by atoms with E-state index in [1.165, 1.54) is 12.1 Å². The number of hydrogen-bond acceptors (Lipinski definition) is 4. The summed E-state index contributed by atoms with van der Waals surface area (Å²) in [6.07, 6.45) is 0. The molecule has 5 nitrogen and oxygen atoms in total. The Bertz CT molecular complexity index is 479. The highest BCUT2D eigenvalue weighted by Gasteiger charge is 2.15. The van der Waals surface area contributed by atoms with Gasteiger partial charge in [-0.3, -0.25) is 0 Å². The predicted octanol–water partition coefficient (Wildman–Crippen LogP) is 2.40. The number of nitrogens with two attached hydrogens (primary N) is 1. The SMILES string of the molecule is CCN(CC)CCOc1ccc(/C(N)=N/O)c(Br)c1F. The van der Waals surface area contributed by atoms with Gasteiger partial charge >= 0.3 is 0 Å². The number of nitrogens with zero attached hydrogens (tertiary/aromatic N) is 2. The van der Waals surface area contributed by atoms with Crippen molar-refractivity contribution in [3.05, 3.63) is 28.0 Å². The summed E-state index contributed by atoms with van der Waals surface area (Å²) >= 11 is 3.08. The van der Waals surface area contributed by atoms with E-state index < -0.39 is 5.82 Å². The number of hydrogen-bond donors (Lipinski definition) is 2. The number of oxime groups is 1. The molecule has 7 heteroatoms. The maximum absolute atomic E-state index is 14.1. The van der Waals surface area contributed by atoms with Crippen LogP contribution in [0.25, 0.3) is 0 Å². The average molecular weight is 348 g/mol. The van der Waals surface area contributed by atoms with Crippen LogP contribution in [0.15, 0.2) is 21.8 Å². The predicted molar refractivity (Wildman–Crippen MR) is 79.9 cm³/mol. The van der Waals surface area contributed by atoms with Gasteiger partial charge in [0.1, 0.15) is 6.61 Å². The molecule has 0 radical (unpaired) electrons. The summed E-state index contributed by atoms with van der Waals surface area (Å²) in [4.78, 5) is 2.18. The highest BCUT2D eigenvalue weighted by atomic mass is 79.9. The molecule has 0 aliphatic rings. The maximum atomic E-state index is 14.1. The molecule has 0 saturated carbocycles. The van der Waals surface area contributed by atoms with Gasteiger partial charge in [0.25, 0.3) is 0 Å². The van der Waals surface area contributed by atoms with E-state index in [1.54, 1.807) is 0 Å². The van der Waals surface area contributed by atoms with Crippen LogP contribution in [0.4, 0.5) is 4.39 Å². The molecule has 0 aromatic heterocycles. The first-order valence-corrected chi connectivity index (χ1v) is 7.15. The fourth-order valence-electron chi connectivity index (χ4n) is 1.72. The molecule has 0 amide bonds. The van der Waals surface area contributed by atoms with Crippen LogP contribution in [-0.4, -0.2) is 42.2 Å². The van der Waals surface area contributed by atoms with Gasteiger partial charge in [-0.05, 0) is 41.2 Å². The first-order valence-electron chi connectivity index (χ1n) is 6.36. The first kappa shape index (κ1) is 16.7. The van der Waals surface area contributed by atoms with E-state index in [0.29, 0.717) is 6.61 Å². The van der Waals surface area contributed by atoms with Gasteiger partial charge in [-0.15, -0.1) is 0 Å². The van der Waals surface area contributed by atoms with Gasteiger partial charge in [0.05, 0.1) is 4.47 Å². The molecule has 1 aromatic carbocycles. The average Bonchev–Trinajstić information content (AvgIpc) is 2.47. The summed E-state index contributed by atoms with van der Waals surface area (Å²) < 4.78 is 19.6. The molecule has 20 heavy (non-hydrogen) atoms. The highest BCUT2D eigenvalue weighted by Crippen LogP contribution is 2.28. The Kier molecular flexibility index (Phi) is 6.74. The number of likely N-dealkylation sites (N-methyl/N-ethyl adjacent to an activating group) is 1. The molecular weight excluding hydrogens is 329 g/mol. The van der Waals surface area contributed by atoms with Crippen LogP contribution in [0.2, 0.25) is 0 Å². The van der Waals surface area contributed by atoms with Crippen LogP contribution in [0.5, 0.6) is 5.75 Å². The van der Waals surface area contributed by atoms with Crippen LogP contribution < -0.4 is 10.5 Å². The fraction of sp³-hybridized carbons (Fsp3) is 0.462. The third-order valence-electron chi connectivity index (χ3n) is 2.99. The maximum Gasteiger partial charge on any atom is 0.179 e. The standard InChI is InChI=1S/C13H19BrFN3O2/c1-3-18(4-2)7-8-20-10-6-5-9(13(16)17-19)11(14)12(10)15/h5-6,19H,3-4,7-8H2,1-2H3,(H2,16,17). The Balaban J connectivity index is 2.76. The summed E-state index contributed by atoms with van der Waals surface area (Å²) in [7, 11) is 0. The van der Waals surface area contributed by atoms with Crippen molar-refractivity contribution in [3.8, 4) is 5.75 Å². The molecular formula is C13H19BrFN3O2. The molecule has 1 aromatic rings. The zero-order valence-electron chi connectivity index (χ0n) is 11.6. The second kappa shape index (κ2) is 8.06. The second-order valence-electron chi connectivity index (χ2n) is 4.10. The quantitative estimate of drug-likeness (QED) is 0.344. The number of amidine groups is 1. The van der Waals surface area contributed by atoms with Gasteiger partial charge in [0.2, 0.25) is 0 Å². The Morgan fingerprint density at radius 1 is 1.45 bits per heavy atom. The lowest BCUT2D eigenvalue weighted by Crippen LogP contribution is -2.28. The molecule has 0 heterocycles. The third-order valence-corrected chi connectivity index (χ3v) is 3.77. The van der Waals surface area contributed by atoms with Gasteiger partial charge in [-0.2, -0.15) is 0 Å². The van der Waals surface area contributed by atoms with E-state index in [9.17, 15) is 4.39 Å². The van der Waals surface area contributed by atoms with E-state index >= 15 is 0 Å². The highest BCUT2D eigenvalue weighted by molar-refractivity contribution is 9.10. The lowest BCUT2D eigenvalue weighted by molar-refractivity contribution is 0.217. The lowest BCUT2D eigenvalue weighted by Gasteiger charge is -2.18. The lowest BCUT2D eigenvalue weighted by atomic mass is 10.2. The Hall–Kier alpha value is -1.34. The summed E-state index contributed by atoms with van der Waals surface area (Å²) in [5, 5.41) is 11.5. The van der Waals surface area contributed by atoms with Gasteiger partial charge < -0.3 is 20.6 Å². The van der Waals surface area contributed by atoms with Gasteiger partial charge in [-0.25, -0.2) is 4.39 Å². The van der Waals surface area contributed by atoms with Crippen molar-refractivity contribution in [2.24, 2.45) is 10.9 Å². The molecule has 0 aliphatic heterocycles. The molecule has 0 bridgehead atoms. The van der Waals surface area contributed by atoms with E-state index in [2.05, 4.69) is 39.8 Å². The largest absolute Gasteiger partial charge is 0.489 e. The molecule has 3 N–H and O–H groups in total. The van der Waals surface area contributed by atoms with Crippen molar-refractivity contribution in [2.75, 3.05) is 26.2 Å². The molecule has 0 unspecified atom stereocenters. The van der Waals surface area contributed by atoms with Crippen molar-refractivity contribution in [1.29, 1.82) is 0 Å². The minimum atomic E-state index is -0.561. The Morgan fingerprint density at radius 3 is 2.65 bits per heavy atom. The number of benzene rings is 1. The zero-order chi connectivity index (χ0) is 15.1. The molecule has 0 fully saturated rings. The van der Waals surface area contributed by atoms with Crippen LogP contribution >= 0.6 is 15.9 Å².